The standard InChI is InChI=1S/C23H26N2O4S/c1-15-8-12-21(13-9-15)30(28,29)25-22(17(3)26)23(27)24-16(2)19-11-10-18-6-4-5-7-20(18)14-19/h4-14,16-17,22,25-26H,1-3H3,(H,24,27). The fourth-order valence-corrected chi connectivity index (χ4v) is 4.46. The van der Waals surface area contributed by atoms with Crippen molar-refractivity contribution in [3.63, 3.8) is 0 Å². The predicted octanol–water partition coefficient (Wildman–Crippen LogP) is 3.05. The molecular formula is C23H26N2O4S. The van der Waals surface area contributed by atoms with Crippen LogP contribution in [0.25, 0.3) is 10.8 Å². The lowest BCUT2D eigenvalue weighted by Gasteiger charge is -2.23. The molecule has 3 unspecified atom stereocenters. The number of rotatable bonds is 7. The van der Waals surface area contributed by atoms with E-state index in [0.29, 0.717) is 0 Å². The summed E-state index contributed by atoms with van der Waals surface area (Å²) in [6.07, 6.45) is -1.21. The minimum absolute atomic E-state index is 0.0362. The Morgan fingerprint density at radius 1 is 0.933 bits per heavy atom. The monoisotopic (exact) mass is 426 g/mol. The molecule has 0 aromatic heterocycles. The lowest BCUT2D eigenvalue weighted by Crippen LogP contribution is -2.52. The van der Waals surface area contributed by atoms with Crippen molar-refractivity contribution in [3.05, 3.63) is 77.9 Å². The number of benzene rings is 3. The second-order valence-corrected chi connectivity index (χ2v) is 9.20. The number of sulfonamides is 1. The van der Waals surface area contributed by atoms with Crippen LogP contribution in [-0.4, -0.2) is 31.6 Å². The maximum absolute atomic E-state index is 12.8. The number of carbonyl (C=O) groups is 1. The van der Waals surface area contributed by atoms with Crippen LogP contribution in [0.4, 0.5) is 0 Å². The van der Waals surface area contributed by atoms with Gasteiger partial charge in [0, 0.05) is 0 Å². The van der Waals surface area contributed by atoms with E-state index in [-0.39, 0.29) is 10.9 Å². The minimum atomic E-state index is -3.97. The van der Waals surface area contributed by atoms with Crippen LogP contribution in [0.2, 0.25) is 0 Å². The van der Waals surface area contributed by atoms with E-state index in [1.807, 2.05) is 56.3 Å². The van der Waals surface area contributed by atoms with E-state index >= 15 is 0 Å². The second kappa shape index (κ2) is 8.95. The Morgan fingerprint density at radius 2 is 1.57 bits per heavy atom. The van der Waals surface area contributed by atoms with Gasteiger partial charge in [0.25, 0.3) is 0 Å². The Kier molecular flexibility index (Phi) is 6.55. The molecule has 0 radical (unpaired) electrons. The highest BCUT2D eigenvalue weighted by Crippen LogP contribution is 2.20. The molecule has 3 aromatic carbocycles. The van der Waals surface area contributed by atoms with Crippen molar-refractivity contribution in [2.24, 2.45) is 0 Å². The summed E-state index contributed by atoms with van der Waals surface area (Å²) in [5, 5.41) is 15.0. The number of aliphatic hydroxyl groups excluding tert-OH is 1. The molecular weight excluding hydrogens is 400 g/mol. The van der Waals surface area contributed by atoms with Gasteiger partial charge < -0.3 is 10.4 Å². The van der Waals surface area contributed by atoms with Gasteiger partial charge in [-0.3, -0.25) is 4.79 Å². The second-order valence-electron chi connectivity index (χ2n) is 7.49. The predicted molar refractivity (Wildman–Crippen MR) is 117 cm³/mol. The number of aryl methyl sites for hydroxylation is 1. The van der Waals surface area contributed by atoms with E-state index in [4.69, 9.17) is 0 Å². The van der Waals surface area contributed by atoms with Crippen LogP contribution in [0.3, 0.4) is 0 Å². The van der Waals surface area contributed by atoms with Crippen LogP contribution < -0.4 is 10.0 Å². The lowest BCUT2D eigenvalue weighted by molar-refractivity contribution is -0.125. The van der Waals surface area contributed by atoms with Gasteiger partial charge in [0.15, 0.2) is 0 Å². The summed E-state index contributed by atoms with van der Waals surface area (Å²) >= 11 is 0. The number of amides is 1. The first-order valence-corrected chi connectivity index (χ1v) is 11.2. The van der Waals surface area contributed by atoms with Crippen LogP contribution >= 0.6 is 0 Å². The summed E-state index contributed by atoms with van der Waals surface area (Å²) in [6.45, 7) is 5.04. The van der Waals surface area contributed by atoms with Crippen LogP contribution in [0, 0.1) is 6.92 Å². The first kappa shape index (κ1) is 22.0. The SMILES string of the molecule is Cc1ccc(S(=O)(=O)NC(C(=O)NC(C)c2ccc3ccccc3c2)C(C)O)cc1. The molecule has 158 valence electrons. The summed E-state index contributed by atoms with van der Waals surface area (Å²) < 4.78 is 27.7. The van der Waals surface area contributed by atoms with Gasteiger partial charge in [-0.05, 0) is 55.3 Å². The van der Waals surface area contributed by atoms with Crippen LogP contribution in [0.15, 0.2) is 71.6 Å². The molecule has 1 amide bonds. The molecule has 0 aliphatic carbocycles. The average Bonchev–Trinajstić information content (AvgIpc) is 2.71. The van der Waals surface area contributed by atoms with Crippen molar-refractivity contribution in [2.75, 3.05) is 0 Å². The summed E-state index contributed by atoms with van der Waals surface area (Å²) in [6, 6.07) is 18.4. The Labute approximate surface area is 177 Å². The van der Waals surface area contributed by atoms with Crippen molar-refractivity contribution in [1.29, 1.82) is 0 Å². The Balaban J connectivity index is 1.76. The van der Waals surface area contributed by atoms with Crippen LogP contribution in [0.5, 0.6) is 0 Å². The van der Waals surface area contributed by atoms with Crippen LogP contribution in [-0.2, 0) is 14.8 Å². The third kappa shape index (κ3) is 5.05. The third-order valence-electron chi connectivity index (χ3n) is 5.01. The number of hydrogen-bond donors (Lipinski definition) is 3. The maximum Gasteiger partial charge on any atom is 0.241 e. The van der Waals surface area contributed by atoms with Crippen molar-refractivity contribution in [2.45, 2.75) is 43.9 Å². The summed E-state index contributed by atoms with van der Waals surface area (Å²) in [4.78, 5) is 12.8. The largest absolute Gasteiger partial charge is 0.391 e. The van der Waals surface area contributed by atoms with E-state index in [9.17, 15) is 18.3 Å². The third-order valence-corrected chi connectivity index (χ3v) is 6.47. The molecule has 3 atom stereocenters. The number of nitrogens with one attached hydrogen (secondary N) is 2. The van der Waals surface area contributed by atoms with Crippen molar-refractivity contribution in [3.8, 4) is 0 Å². The molecule has 30 heavy (non-hydrogen) atoms. The zero-order chi connectivity index (χ0) is 21.9. The molecule has 0 aliphatic heterocycles. The normalized spacial score (nSPS) is 14.8. The van der Waals surface area contributed by atoms with Crippen molar-refractivity contribution >= 4 is 26.7 Å². The Bertz CT molecular complexity index is 1140. The van der Waals surface area contributed by atoms with Gasteiger partial charge in [-0.2, -0.15) is 4.72 Å². The molecule has 6 nitrogen and oxygen atoms in total. The Morgan fingerprint density at radius 3 is 2.20 bits per heavy atom. The highest BCUT2D eigenvalue weighted by Gasteiger charge is 2.30. The zero-order valence-corrected chi connectivity index (χ0v) is 18.0. The van der Waals surface area contributed by atoms with Gasteiger partial charge in [0.05, 0.1) is 17.0 Å². The average molecular weight is 427 g/mol. The lowest BCUT2D eigenvalue weighted by atomic mass is 10.0. The van der Waals surface area contributed by atoms with Gasteiger partial charge in [-0.15, -0.1) is 0 Å². The van der Waals surface area contributed by atoms with Gasteiger partial charge in [0.1, 0.15) is 6.04 Å². The smallest absolute Gasteiger partial charge is 0.241 e. The zero-order valence-electron chi connectivity index (χ0n) is 17.2. The molecule has 7 heteroatoms. The molecule has 0 saturated heterocycles. The summed E-state index contributed by atoms with van der Waals surface area (Å²) in [7, 11) is -3.97. The van der Waals surface area contributed by atoms with E-state index in [0.717, 1.165) is 21.9 Å². The fourth-order valence-electron chi connectivity index (χ4n) is 3.19. The van der Waals surface area contributed by atoms with E-state index in [1.165, 1.54) is 19.1 Å². The molecule has 0 bridgehead atoms. The minimum Gasteiger partial charge on any atom is -0.391 e. The topological polar surface area (TPSA) is 95.5 Å². The molecule has 0 aliphatic rings. The van der Waals surface area contributed by atoms with Gasteiger partial charge >= 0.3 is 0 Å². The van der Waals surface area contributed by atoms with Crippen molar-refractivity contribution in [1.82, 2.24) is 10.0 Å². The highest BCUT2D eigenvalue weighted by molar-refractivity contribution is 7.89. The number of aliphatic hydroxyl groups is 1. The molecule has 0 fully saturated rings. The van der Waals surface area contributed by atoms with Crippen LogP contribution in [0.1, 0.15) is 31.0 Å². The molecule has 0 spiro atoms. The van der Waals surface area contributed by atoms with Crippen molar-refractivity contribution < 1.29 is 18.3 Å². The molecule has 0 heterocycles. The Hall–Kier alpha value is -2.74. The van der Waals surface area contributed by atoms with Gasteiger partial charge in [0.2, 0.25) is 15.9 Å². The summed E-state index contributed by atoms with van der Waals surface area (Å²) in [5.41, 5.74) is 1.80. The van der Waals surface area contributed by atoms with Gasteiger partial charge in [-0.25, -0.2) is 8.42 Å². The van der Waals surface area contributed by atoms with E-state index in [1.54, 1.807) is 12.1 Å². The molecule has 0 saturated carbocycles. The molecule has 3 N–H and O–H groups in total. The van der Waals surface area contributed by atoms with E-state index in [2.05, 4.69) is 10.0 Å². The number of hydrogen-bond acceptors (Lipinski definition) is 4. The highest BCUT2D eigenvalue weighted by atomic mass is 32.2. The fraction of sp³-hybridized carbons (Fsp3) is 0.261. The van der Waals surface area contributed by atoms with E-state index < -0.39 is 28.1 Å². The maximum atomic E-state index is 12.8. The first-order valence-electron chi connectivity index (χ1n) is 9.73. The van der Waals surface area contributed by atoms with Gasteiger partial charge in [-0.1, -0.05) is 54.1 Å². The first-order chi connectivity index (χ1) is 14.2. The molecule has 3 rings (SSSR count). The molecule has 3 aromatic rings. The number of fused-ring (bicyclic) bond motifs is 1. The number of carbonyl (C=O) groups excluding carboxylic acids is 1. The quantitative estimate of drug-likeness (QED) is 0.541. The summed E-state index contributed by atoms with van der Waals surface area (Å²) in [5.74, 6) is -0.596.